The molecule has 6 heterocycles. The van der Waals surface area contributed by atoms with E-state index < -0.39 is 0 Å². The summed E-state index contributed by atoms with van der Waals surface area (Å²) in [6, 6.07) is 31.5. The number of nitrogens with zero attached hydrogens (tertiary/aromatic N) is 7. The van der Waals surface area contributed by atoms with Crippen molar-refractivity contribution in [2.24, 2.45) is 29.2 Å². The molecule has 0 saturated carbocycles. The molecule has 19 nitrogen and oxygen atoms in total. The van der Waals surface area contributed by atoms with Crippen molar-refractivity contribution in [1.82, 2.24) is 40.1 Å². The summed E-state index contributed by atoms with van der Waals surface area (Å²) >= 11 is 4.31. The molecule has 4 aromatic carbocycles. The predicted molar refractivity (Wildman–Crippen MR) is 236 cm³/mol. The molecule has 0 fully saturated rings. The largest absolute Gasteiger partial charge is 0.423 e. The van der Waals surface area contributed by atoms with Crippen LogP contribution in [0.3, 0.4) is 0 Å². The van der Waals surface area contributed by atoms with Gasteiger partial charge >= 0.3 is 6.01 Å². The summed E-state index contributed by atoms with van der Waals surface area (Å²) in [5, 5.41) is 10.4. The van der Waals surface area contributed by atoms with Crippen molar-refractivity contribution in [3.05, 3.63) is 121 Å². The minimum atomic E-state index is -0.268. The van der Waals surface area contributed by atoms with E-state index in [1.54, 1.807) is 29.7 Å². The molecule has 0 radical (unpaired) electrons. The van der Waals surface area contributed by atoms with Crippen LogP contribution in [0, 0.1) is 12.7 Å². The number of oxazole rings is 1. The van der Waals surface area contributed by atoms with Crippen LogP contribution in [0.4, 0.5) is 31.7 Å². The van der Waals surface area contributed by atoms with Crippen LogP contribution in [0.2, 0.25) is 0 Å². The second-order valence-corrected chi connectivity index (χ2v) is 14.6. The smallest absolute Gasteiger partial charge is 0.310 e. The second-order valence-electron chi connectivity index (χ2n) is 11.6. The van der Waals surface area contributed by atoms with Crippen molar-refractivity contribution >= 4 is 104 Å². The third-order valence-electron chi connectivity index (χ3n) is 7.54. The van der Waals surface area contributed by atoms with Gasteiger partial charge in [-0.1, -0.05) is 64.3 Å². The van der Waals surface area contributed by atoms with Crippen molar-refractivity contribution in [3.8, 4) is 10.6 Å². The molecule has 0 amide bonds. The number of pyridine rings is 1. The number of thiazole rings is 2. The molecule has 59 heavy (non-hydrogen) atoms. The number of rotatable bonds is 6. The number of aromatic amines is 1. The summed E-state index contributed by atoms with van der Waals surface area (Å²) in [5.41, 5.74) is 19.6. The number of benzene rings is 4. The molecular formula is C36H37FN18OS3. The first-order chi connectivity index (χ1) is 28.8. The molecule has 6 aromatic heterocycles. The number of hydrogen-bond acceptors (Lipinski definition) is 21. The summed E-state index contributed by atoms with van der Waals surface area (Å²) in [6.45, 7) is 2.06. The molecule has 0 atom stereocenters. The van der Waals surface area contributed by atoms with E-state index in [2.05, 4.69) is 80.2 Å². The number of aryl methyl sites for hydroxylation is 1. The minimum absolute atomic E-state index is 0.268. The standard InChI is InChI=1S/C8H7FN4S.C8H9N3S.C7H8N4.C7H7N3O.C6H6N4S/c9-6-3-1-5(2-4-6)7-12-13-8(11-10)14-7;1-5-2-3-6-7(4-5)12-8(10-6)11-9;8-11-7-9-5-3-1-2-4-6(5)10-7;8-10-7-9-5-3-1-2-4-6(5)11-7;7-10-6-9-4-2-1-3-8-5(4)11-6/h1-4H,10H2,(H,11,13);2-4H,9H2,1H3,(H,10,11);1-4H,8H2,(H2,9,10,11);1-4H,8H2,(H,9,10);1-3H,7H2,(H,9,10). The van der Waals surface area contributed by atoms with Crippen LogP contribution in [-0.2, 0) is 0 Å². The van der Waals surface area contributed by atoms with E-state index in [-0.39, 0.29) is 5.82 Å². The van der Waals surface area contributed by atoms with Crippen LogP contribution in [0.15, 0.2) is 114 Å². The van der Waals surface area contributed by atoms with Crippen molar-refractivity contribution in [2.45, 2.75) is 6.92 Å². The first-order valence-corrected chi connectivity index (χ1v) is 19.6. The van der Waals surface area contributed by atoms with E-state index in [1.165, 1.54) is 45.1 Å². The molecule has 0 unspecified atom stereocenters. The van der Waals surface area contributed by atoms with Gasteiger partial charge in [0.2, 0.25) is 11.1 Å². The van der Waals surface area contributed by atoms with E-state index in [0.29, 0.717) is 27.2 Å². The van der Waals surface area contributed by atoms with Gasteiger partial charge in [0.1, 0.15) is 26.7 Å². The van der Waals surface area contributed by atoms with Gasteiger partial charge in [-0.15, -0.1) is 10.2 Å². The molecule has 0 aliphatic rings. The zero-order valence-corrected chi connectivity index (χ0v) is 33.4. The fraction of sp³-hybridized carbons (Fsp3) is 0.0278. The molecule has 16 N–H and O–H groups in total. The number of nitrogen functional groups attached to an aromatic ring is 5. The number of fused-ring (bicyclic) bond motifs is 4. The summed E-state index contributed by atoms with van der Waals surface area (Å²) < 4.78 is 18.9. The number of imidazole rings is 1. The van der Waals surface area contributed by atoms with E-state index in [9.17, 15) is 4.39 Å². The number of hydrogen-bond donors (Lipinski definition) is 11. The second kappa shape index (κ2) is 20.5. The third-order valence-corrected chi connectivity index (χ3v) is 10.3. The minimum Gasteiger partial charge on any atom is -0.423 e. The Morgan fingerprint density at radius 2 is 1.31 bits per heavy atom. The lowest BCUT2D eigenvalue weighted by atomic mass is 10.2. The van der Waals surface area contributed by atoms with Crippen molar-refractivity contribution in [2.75, 3.05) is 27.1 Å². The number of hydrazine groups is 5. The van der Waals surface area contributed by atoms with Gasteiger partial charge in [-0.3, -0.25) is 27.1 Å². The molecule has 0 aliphatic carbocycles. The first-order valence-electron chi connectivity index (χ1n) is 17.1. The fourth-order valence-electron chi connectivity index (χ4n) is 4.87. The summed E-state index contributed by atoms with van der Waals surface area (Å²) in [5.74, 6) is 26.2. The number of aromatic nitrogens is 8. The Morgan fingerprint density at radius 1 is 0.610 bits per heavy atom. The molecule has 23 heteroatoms. The van der Waals surface area contributed by atoms with Crippen molar-refractivity contribution < 1.29 is 8.81 Å². The number of nitrogens with two attached hydrogens (primary N) is 5. The van der Waals surface area contributed by atoms with Gasteiger partial charge in [-0.05, 0) is 85.3 Å². The molecule has 0 saturated heterocycles. The fourth-order valence-corrected chi connectivity index (χ4v) is 7.12. The van der Waals surface area contributed by atoms with Gasteiger partial charge in [-0.2, -0.15) is 4.98 Å². The van der Waals surface area contributed by atoms with Gasteiger partial charge in [0.15, 0.2) is 15.8 Å². The SMILES string of the molecule is Cc1ccc2nc(NN)sc2c1.NNc1nc2ccccc2[nH]1.NNc1nc2ccccc2o1.NNc1nc2cccnc2s1.NNc1nnc(-c2ccc(F)cc2)s1. The Bertz CT molecular complexity index is 2560. The first kappa shape index (κ1) is 41.7. The summed E-state index contributed by atoms with van der Waals surface area (Å²) in [4.78, 5) is 24.6. The Hall–Kier alpha value is -6.96. The lowest BCUT2D eigenvalue weighted by Crippen LogP contribution is -2.07. The number of anilines is 5. The molecule has 0 spiro atoms. The highest BCUT2D eigenvalue weighted by Gasteiger charge is 2.06. The van der Waals surface area contributed by atoms with E-state index in [1.807, 2.05) is 72.8 Å². The topological polar surface area (TPSA) is 309 Å². The van der Waals surface area contributed by atoms with Gasteiger partial charge in [0, 0.05) is 11.8 Å². The third kappa shape index (κ3) is 11.3. The van der Waals surface area contributed by atoms with E-state index >= 15 is 0 Å². The monoisotopic (exact) mass is 852 g/mol. The highest BCUT2D eigenvalue weighted by Crippen LogP contribution is 2.27. The maximum Gasteiger partial charge on any atom is 0.310 e. The van der Waals surface area contributed by atoms with Crippen molar-refractivity contribution in [3.63, 3.8) is 0 Å². The highest BCUT2D eigenvalue weighted by molar-refractivity contribution is 7.22. The van der Waals surface area contributed by atoms with Crippen LogP contribution in [0.25, 0.3) is 53.3 Å². The molecular weight excluding hydrogens is 816 g/mol. The Kier molecular flexibility index (Phi) is 14.4. The van der Waals surface area contributed by atoms with Gasteiger partial charge in [-0.25, -0.2) is 53.5 Å². The van der Waals surface area contributed by atoms with E-state index in [0.717, 1.165) is 48.7 Å². The zero-order chi connectivity index (χ0) is 41.6. The van der Waals surface area contributed by atoms with Crippen LogP contribution >= 0.6 is 34.0 Å². The maximum absolute atomic E-state index is 12.6. The molecule has 10 rings (SSSR count). The number of para-hydroxylation sites is 4. The van der Waals surface area contributed by atoms with Gasteiger partial charge in [0.25, 0.3) is 0 Å². The number of H-pyrrole nitrogens is 1. The zero-order valence-electron chi connectivity index (χ0n) is 30.9. The van der Waals surface area contributed by atoms with Gasteiger partial charge < -0.3 is 9.40 Å². The number of halogens is 1. The molecule has 0 aliphatic heterocycles. The Labute approximate surface area is 346 Å². The number of nitrogens with one attached hydrogen (secondary N) is 6. The van der Waals surface area contributed by atoms with Crippen LogP contribution in [0.5, 0.6) is 0 Å². The highest BCUT2D eigenvalue weighted by atomic mass is 32.1. The maximum atomic E-state index is 12.6. The van der Waals surface area contributed by atoms with Crippen molar-refractivity contribution in [1.29, 1.82) is 0 Å². The lowest BCUT2D eigenvalue weighted by molar-refractivity contribution is 0.617. The lowest BCUT2D eigenvalue weighted by Gasteiger charge is -1.93. The average Bonchev–Trinajstić information content (AvgIpc) is 4.13. The Balaban J connectivity index is 0.000000124. The van der Waals surface area contributed by atoms with Gasteiger partial charge in [0.05, 0.1) is 21.3 Å². The molecule has 302 valence electrons. The predicted octanol–water partition coefficient (Wildman–Crippen LogP) is 6.46. The summed E-state index contributed by atoms with van der Waals surface area (Å²) in [7, 11) is 0. The van der Waals surface area contributed by atoms with Crippen LogP contribution in [-0.4, -0.2) is 40.1 Å². The molecule has 10 aromatic rings. The van der Waals surface area contributed by atoms with Crippen LogP contribution < -0.4 is 56.3 Å². The van der Waals surface area contributed by atoms with Crippen LogP contribution in [0.1, 0.15) is 5.56 Å². The average molecular weight is 853 g/mol. The quantitative estimate of drug-likeness (QED) is 0.0631. The summed E-state index contributed by atoms with van der Waals surface area (Å²) in [6.07, 6.45) is 1.74. The normalized spacial score (nSPS) is 10.3. The Morgan fingerprint density at radius 3 is 1.98 bits per heavy atom. The molecule has 0 bridgehead atoms. The van der Waals surface area contributed by atoms with E-state index in [4.69, 9.17) is 33.6 Å².